The van der Waals surface area contributed by atoms with E-state index in [0.717, 1.165) is 6.54 Å². The summed E-state index contributed by atoms with van der Waals surface area (Å²) in [5.74, 6) is 0.639. The zero-order valence-electron chi connectivity index (χ0n) is 11.5. The van der Waals surface area contributed by atoms with Gasteiger partial charge in [-0.1, -0.05) is 0 Å². The molecule has 6 nitrogen and oxygen atoms in total. The van der Waals surface area contributed by atoms with Crippen LogP contribution in [0.4, 0.5) is 5.82 Å². The molecular formula is C12H21N3O3S. The van der Waals surface area contributed by atoms with Crippen LogP contribution in [0.2, 0.25) is 0 Å². The van der Waals surface area contributed by atoms with E-state index in [1.165, 1.54) is 16.6 Å². The number of aliphatic hydroxyl groups excluding tert-OH is 1. The molecule has 0 saturated carbocycles. The number of rotatable bonds is 7. The van der Waals surface area contributed by atoms with Crippen molar-refractivity contribution < 1.29 is 13.5 Å². The van der Waals surface area contributed by atoms with Gasteiger partial charge in [-0.3, -0.25) is 0 Å². The number of nitrogens with zero attached hydrogens (tertiary/aromatic N) is 2. The van der Waals surface area contributed by atoms with Crippen LogP contribution >= 0.6 is 0 Å². The van der Waals surface area contributed by atoms with Gasteiger partial charge in [0.15, 0.2) is 0 Å². The number of pyridine rings is 1. The van der Waals surface area contributed by atoms with Crippen LogP contribution in [0.5, 0.6) is 0 Å². The van der Waals surface area contributed by atoms with Crippen molar-refractivity contribution in [2.24, 2.45) is 0 Å². The molecule has 2 N–H and O–H groups in total. The maximum Gasteiger partial charge on any atom is 0.244 e. The maximum absolute atomic E-state index is 12.4. The van der Waals surface area contributed by atoms with Crippen molar-refractivity contribution >= 4 is 15.8 Å². The molecule has 108 valence electrons. The van der Waals surface area contributed by atoms with Gasteiger partial charge in [-0.05, 0) is 32.9 Å². The van der Waals surface area contributed by atoms with E-state index < -0.39 is 10.0 Å². The normalized spacial score (nSPS) is 12.1. The molecule has 0 aliphatic carbocycles. The molecule has 0 spiro atoms. The largest absolute Gasteiger partial charge is 0.395 e. The molecule has 0 fully saturated rings. The lowest BCUT2D eigenvalue weighted by atomic mass is 10.4. The fraction of sp³-hybridized carbons (Fsp3) is 0.583. The Kier molecular flexibility index (Phi) is 5.71. The van der Waals surface area contributed by atoms with Crippen molar-refractivity contribution in [3.8, 4) is 0 Å². The van der Waals surface area contributed by atoms with Crippen LogP contribution in [-0.2, 0) is 10.0 Å². The maximum atomic E-state index is 12.4. The first-order valence-corrected chi connectivity index (χ1v) is 7.70. The smallest absolute Gasteiger partial charge is 0.244 e. The summed E-state index contributed by atoms with van der Waals surface area (Å²) < 4.78 is 26.0. The Morgan fingerprint density at radius 3 is 2.53 bits per heavy atom. The molecule has 0 unspecified atom stereocenters. The van der Waals surface area contributed by atoms with E-state index in [1.54, 1.807) is 19.9 Å². The van der Waals surface area contributed by atoms with Gasteiger partial charge in [-0.15, -0.1) is 0 Å². The van der Waals surface area contributed by atoms with E-state index in [4.69, 9.17) is 5.11 Å². The Morgan fingerprint density at radius 1 is 1.42 bits per heavy atom. The minimum atomic E-state index is -3.61. The van der Waals surface area contributed by atoms with Gasteiger partial charge in [-0.2, -0.15) is 4.31 Å². The monoisotopic (exact) mass is 287 g/mol. The van der Waals surface area contributed by atoms with Crippen LogP contribution in [-0.4, -0.2) is 48.6 Å². The van der Waals surface area contributed by atoms with Crippen LogP contribution < -0.4 is 5.32 Å². The molecule has 19 heavy (non-hydrogen) atoms. The average Bonchev–Trinajstić information content (AvgIpc) is 2.36. The number of aliphatic hydroxyl groups is 1. The van der Waals surface area contributed by atoms with Crippen molar-refractivity contribution in [2.45, 2.75) is 31.7 Å². The molecule has 1 aromatic heterocycles. The van der Waals surface area contributed by atoms with E-state index in [0.29, 0.717) is 5.82 Å². The summed E-state index contributed by atoms with van der Waals surface area (Å²) in [6.07, 6.45) is 1.33. The first-order chi connectivity index (χ1) is 8.93. The topological polar surface area (TPSA) is 82.5 Å². The Hall–Kier alpha value is -1.18. The lowest BCUT2D eigenvalue weighted by Crippen LogP contribution is -2.38. The summed E-state index contributed by atoms with van der Waals surface area (Å²) in [5.41, 5.74) is 0. The Morgan fingerprint density at radius 2 is 2.11 bits per heavy atom. The molecule has 1 rings (SSSR count). The Balaban J connectivity index is 3.04. The molecule has 0 bridgehead atoms. The Labute approximate surface area is 114 Å². The van der Waals surface area contributed by atoms with Gasteiger partial charge >= 0.3 is 0 Å². The second kappa shape index (κ2) is 6.83. The van der Waals surface area contributed by atoms with Gasteiger partial charge in [0.2, 0.25) is 10.0 Å². The number of aromatic nitrogens is 1. The molecule has 0 amide bonds. The van der Waals surface area contributed by atoms with Crippen LogP contribution in [0.15, 0.2) is 23.2 Å². The highest BCUT2D eigenvalue weighted by molar-refractivity contribution is 7.89. The molecule has 0 aromatic carbocycles. The van der Waals surface area contributed by atoms with Gasteiger partial charge < -0.3 is 10.4 Å². The summed E-state index contributed by atoms with van der Waals surface area (Å²) in [4.78, 5) is 4.19. The summed E-state index contributed by atoms with van der Waals surface area (Å²) in [6, 6.07) is 2.94. The fourth-order valence-electron chi connectivity index (χ4n) is 1.71. The van der Waals surface area contributed by atoms with Gasteiger partial charge in [0.25, 0.3) is 0 Å². The second-order valence-corrected chi connectivity index (χ2v) is 6.23. The first kappa shape index (κ1) is 15.9. The first-order valence-electron chi connectivity index (χ1n) is 6.26. The summed E-state index contributed by atoms with van der Waals surface area (Å²) in [5, 5.41) is 12.0. The lowest BCUT2D eigenvalue weighted by molar-refractivity contribution is 0.236. The van der Waals surface area contributed by atoms with Gasteiger partial charge in [0, 0.05) is 25.3 Å². The number of sulfonamides is 1. The molecule has 0 radical (unpaired) electrons. The molecule has 7 heteroatoms. The summed E-state index contributed by atoms with van der Waals surface area (Å²) in [7, 11) is -3.61. The van der Waals surface area contributed by atoms with Gasteiger partial charge in [0.05, 0.1) is 6.61 Å². The minimum Gasteiger partial charge on any atom is -0.395 e. The fourth-order valence-corrected chi connectivity index (χ4v) is 3.28. The predicted octanol–water partition coefficient (Wildman–Crippen LogP) is 0.905. The lowest BCUT2D eigenvalue weighted by Gasteiger charge is -2.24. The average molecular weight is 287 g/mol. The third kappa shape index (κ3) is 3.89. The number of hydrogen-bond donors (Lipinski definition) is 2. The molecular weight excluding hydrogens is 266 g/mol. The van der Waals surface area contributed by atoms with E-state index in [9.17, 15) is 8.42 Å². The molecule has 0 aliphatic heterocycles. The van der Waals surface area contributed by atoms with Crippen molar-refractivity contribution in [1.29, 1.82) is 0 Å². The van der Waals surface area contributed by atoms with Crippen LogP contribution in [0.25, 0.3) is 0 Å². The highest BCUT2D eigenvalue weighted by atomic mass is 32.2. The van der Waals surface area contributed by atoms with E-state index in [-0.39, 0.29) is 24.1 Å². The number of hydrogen-bond acceptors (Lipinski definition) is 5. The zero-order chi connectivity index (χ0) is 14.5. The van der Waals surface area contributed by atoms with Crippen LogP contribution in [0, 0.1) is 0 Å². The van der Waals surface area contributed by atoms with Crippen molar-refractivity contribution in [3.63, 3.8) is 0 Å². The third-order valence-corrected chi connectivity index (χ3v) is 4.66. The molecule has 0 atom stereocenters. The molecule has 1 aromatic rings. The molecule has 0 saturated heterocycles. The van der Waals surface area contributed by atoms with E-state index >= 15 is 0 Å². The van der Waals surface area contributed by atoms with Crippen molar-refractivity contribution in [3.05, 3.63) is 18.3 Å². The number of nitrogens with one attached hydrogen (secondary N) is 1. The van der Waals surface area contributed by atoms with Crippen molar-refractivity contribution in [1.82, 2.24) is 9.29 Å². The quantitative estimate of drug-likeness (QED) is 0.779. The predicted molar refractivity (Wildman–Crippen MR) is 74.5 cm³/mol. The number of anilines is 1. The third-order valence-electron chi connectivity index (χ3n) is 2.60. The molecule has 0 aliphatic rings. The highest BCUT2D eigenvalue weighted by Crippen LogP contribution is 2.18. The Bertz CT molecular complexity index is 485. The summed E-state index contributed by atoms with van der Waals surface area (Å²) >= 11 is 0. The standard InChI is InChI=1S/C12H21N3O3S/c1-4-13-12-6-5-11(9-14-12)19(17,18)15(7-8-16)10(2)3/h5-6,9-10,16H,4,7-8H2,1-3H3,(H,13,14). The SMILES string of the molecule is CCNc1ccc(S(=O)(=O)N(CCO)C(C)C)cn1. The van der Waals surface area contributed by atoms with E-state index in [2.05, 4.69) is 10.3 Å². The second-order valence-electron chi connectivity index (χ2n) is 4.34. The highest BCUT2D eigenvalue weighted by Gasteiger charge is 2.26. The van der Waals surface area contributed by atoms with Crippen LogP contribution in [0.3, 0.4) is 0 Å². The zero-order valence-corrected chi connectivity index (χ0v) is 12.3. The minimum absolute atomic E-state index is 0.0783. The van der Waals surface area contributed by atoms with Crippen molar-refractivity contribution in [2.75, 3.05) is 25.0 Å². The van der Waals surface area contributed by atoms with E-state index in [1.807, 2.05) is 6.92 Å². The van der Waals surface area contributed by atoms with Gasteiger partial charge in [0.1, 0.15) is 10.7 Å². The summed E-state index contributed by atoms with van der Waals surface area (Å²) in [6.45, 7) is 6.08. The van der Waals surface area contributed by atoms with Gasteiger partial charge in [-0.25, -0.2) is 13.4 Å². The molecule has 1 heterocycles. The van der Waals surface area contributed by atoms with Crippen LogP contribution in [0.1, 0.15) is 20.8 Å².